The van der Waals surface area contributed by atoms with Crippen LogP contribution in [0.25, 0.3) is 0 Å². The summed E-state index contributed by atoms with van der Waals surface area (Å²) in [5.74, 6) is -0.729. The molecule has 7 nitrogen and oxygen atoms in total. The van der Waals surface area contributed by atoms with Crippen LogP contribution in [0.15, 0.2) is 27.8 Å². The standard InChI is InChI=1S/C13H11Cl2N3O4/c1-18-11(16)10(12(20)17-13(18)21)8(19)5-22-9-4-6(14)2-3-7(9)15/h2-4H,5,16H2,1H3,(H,17,20,21). The summed E-state index contributed by atoms with van der Waals surface area (Å²) in [5.41, 5.74) is 3.70. The molecule has 2 aromatic rings. The second-order valence-corrected chi connectivity index (χ2v) is 5.21. The van der Waals surface area contributed by atoms with E-state index in [2.05, 4.69) is 0 Å². The van der Waals surface area contributed by atoms with E-state index in [1.54, 1.807) is 6.07 Å². The molecule has 1 heterocycles. The number of anilines is 1. The predicted octanol–water partition coefficient (Wildman–Crippen LogP) is 1.22. The molecular formula is C13H11Cl2N3O4. The quantitative estimate of drug-likeness (QED) is 0.811. The number of Topliss-reactive ketones (excluding diaryl/α,β-unsaturated/α-hetero) is 1. The number of ketones is 1. The van der Waals surface area contributed by atoms with Crippen LogP contribution in [-0.4, -0.2) is 21.9 Å². The van der Waals surface area contributed by atoms with E-state index in [1.165, 1.54) is 19.2 Å². The maximum atomic E-state index is 12.1. The third kappa shape index (κ3) is 3.15. The van der Waals surface area contributed by atoms with Gasteiger partial charge >= 0.3 is 5.69 Å². The highest BCUT2D eigenvalue weighted by Crippen LogP contribution is 2.27. The monoisotopic (exact) mass is 343 g/mol. The number of nitrogen functional groups attached to an aromatic ring is 1. The van der Waals surface area contributed by atoms with E-state index in [9.17, 15) is 14.4 Å². The Bertz CT molecular complexity index is 857. The molecule has 0 aliphatic heterocycles. The summed E-state index contributed by atoms with van der Waals surface area (Å²) < 4.78 is 6.21. The Morgan fingerprint density at radius 3 is 2.73 bits per heavy atom. The number of ether oxygens (including phenoxy) is 1. The van der Waals surface area contributed by atoms with Gasteiger partial charge in [0.05, 0.1) is 5.02 Å². The van der Waals surface area contributed by atoms with Gasteiger partial charge in [-0.1, -0.05) is 23.2 Å². The summed E-state index contributed by atoms with van der Waals surface area (Å²) in [5, 5.41) is 0.644. The lowest BCUT2D eigenvalue weighted by Gasteiger charge is -2.10. The minimum absolute atomic E-state index is 0.197. The summed E-state index contributed by atoms with van der Waals surface area (Å²) in [6.07, 6.45) is 0. The van der Waals surface area contributed by atoms with Crippen LogP contribution in [0.3, 0.4) is 0 Å². The number of carbonyl (C=O) groups is 1. The van der Waals surface area contributed by atoms with Gasteiger partial charge in [-0.05, 0) is 12.1 Å². The van der Waals surface area contributed by atoms with Crippen LogP contribution in [0.4, 0.5) is 5.82 Å². The Balaban J connectivity index is 2.27. The molecule has 116 valence electrons. The predicted molar refractivity (Wildman–Crippen MR) is 83.0 cm³/mol. The minimum Gasteiger partial charge on any atom is -0.484 e. The van der Waals surface area contributed by atoms with E-state index in [0.717, 1.165) is 4.57 Å². The largest absolute Gasteiger partial charge is 0.484 e. The van der Waals surface area contributed by atoms with Crippen molar-refractivity contribution in [3.63, 3.8) is 0 Å². The lowest BCUT2D eigenvalue weighted by molar-refractivity contribution is 0.0920. The van der Waals surface area contributed by atoms with Crippen LogP contribution in [-0.2, 0) is 7.05 Å². The second-order valence-electron chi connectivity index (χ2n) is 4.37. The van der Waals surface area contributed by atoms with Crippen molar-refractivity contribution in [2.24, 2.45) is 7.05 Å². The molecule has 0 fully saturated rings. The van der Waals surface area contributed by atoms with Crippen molar-refractivity contribution >= 4 is 34.8 Å². The van der Waals surface area contributed by atoms with Gasteiger partial charge < -0.3 is 10.5 Å². The Labute approximate surface area is 134 Å². The van der Waals surface area contributed by atoms with Crippen LogP contribution in [0, 0.1) is 0 Å². The van der Waals surface area contributed by atoms with Gasteiger partial charge in [-0.15, -0.1) is 0 Å². The van der Waals surface area contributed by atoms with Crippen molar-refractivity contribution in [3.05, 3.63) is 54.6 Å². The van der Waals surface area contributed by atoms with Crippen LogP contribution in [0.2, 0.25) is 10.0 Å². The number of nitrogens with two attached hydrogens (primary N) is 1. The van der Waals surface area contributed by atoms with E-state index in [4.69, 9.17) is 33.7 Å². The fraction of sp³-hybridized carbons (Fsp3) is 0.154. The van der Waals surface area contributed by atoms with Crippen molar-refractivity contribution in [1.29, 1.82) is 0 Å². The van der Waals surface area contributed by atoms with Crippen molar-refractivity contribution in [2.75, 3.05) is 12.3 Å². The van der Waals surface area contributed by atoms with Gasteiger partial charge in [-0.25, -0.2) is 4.79 Å². The molecule has 0 radical (unpaired) electrons. The highest BCUT2D eigenvalue weighted by atomic mass is 35.5. The second kappa shape index (κ2) is 6.25. The number of halogens is 2. The zero-order chi connectivity index (χ0) is 16.4. The third-order valence-corrected chi connectivity index (χ3v) is 3.45. The number of carbonyl (C=O) groups excluding carboxylic acids is 1. The number of aromatic amines is 1. The van der Waals surface area contributed by atoms with E-state index in [-0.39, 0.29) is 22.2 Å². The summed E-state index contributed by atoms with van der Waals surface area (Å²) in [7, 11) is 1.33. The van der Waals surface area contributed by atoms with Crippen LogP contribution in [0.5, 0.6) is 5.75 Å². The van der Waals surface area contributed by atoms with E-state index in [0.29, 0.717) is 5.02 Å². The molecule has 1 aromatic carbocycles. The van der Waals surface area contributed by atoms with Gasteiger partial charge in [-0.2, -0.15) is 0 Å². The maximum Gasteiger partial charge on any atom is 0.329 e. The number of hydrogen-bond acceptors (Lipinski definition) is 5. The number of nitrogens with zero attached hydrogens (tertiary/aromatic N) is 1. The van der Waals surface area contributed by atoms with E-state index in [1.807, 2.05) is 4.98 Å². The molecule has 0 atom stereocenters. The van der Waals surface area contributed by atoms with Gasteiger partial charge in [0.2, 0.25) is 5.78 Å². The Morgan fingerprint density at radius 1 is 1.36 bits per heavy atom. The topological polar surface area (TPSA) is 107 Å². The Hall–Kier alpha value is -2.25. The third-order valence-electron chi connectivity index (χ3n) is 2.90. The van der Waals surface area contributed by atoms with Crippen LogP contribution < -0.4 is 21.7 Å². The zero-order valence-electron chi connectivity index (χ0n) is 11.4. The SMILES string of the molecule is Cn1c(N)c(C(=O)COc2cc(Cl)ccc2Cl)c(=O)[nH]c1=O. The van der Waals surface area contributed by atoms with E-state index < -0.39 is 23.6 Å². The highest BCUT2D eigenvalue weighted by molar-refractivity contribution is 6.34. The molecule has 0 aliphatic carbocycles. The van der Waals surface area contributed by atoms with Crippen molar-refractivity contribution < 1.29 is 9.53 Å². The molecule has 0 saturated carbocycles. The lowest BCUT2D eigenvalue weighted by atomic mass is 10.2. The van der Waals surface area contributed by atoms with Gasteiger partial charge in [0.1, 0.15) is 17.1 Å². The summed E-state index contributed by atoms with van der Waals surface area (Å²) >= 11 is 11.7. The summed E-state index contributed by atoms with van der Waals surface area (Å²) in [6, 6.07) is 4.51. The lowest BCUT2D eigenvalue weighted by Crippen LogP contribution is -2.36. The fourth-order valence-electron chi connectivity index (χ4n) is 1.71. The average Bonchev–Trinajstić information content (AvgIpc) is 2.46. The smallest absolute Gasteiger partial charge is 0.329 e. The number of hydrogen-bond donors (Lipinski definition) is 2. The average molecular weight is 344 g/mol. The Kier molecular flexibility index (Phi) is 4.58. The molecule has 0 amide bonds. The van der Waals surface area contributed by atoms with Crippen LogP contribution in [0.1, 0.15) is 10.4 Å². The maximum absolute atomic E-state index is 12.1. The Morgan fingerprint density at radius 2 is 2.05 bits per heavy atom. The van der Waals surface area contributed by atoms with Gasteiger partial charge in [0.15, 0.2) is 6.61 Å². The number of H-pyrrole nitrogens is 1. The van der Waals surface area contributed by atoms with Crippen molar-refractivity contribution in [2.45, 2.75) is 0 Å². The molecule has 22 heavy (non-hydrogen) atoms. The van der Waals surface area contributed by atoms with Gasteiger partial charge in [-0.3, -0.25) is 19.1 Å². The first-order chi connectivity index (χ1) is 10.3. The minimum atomic E-state index is -0.869. The number of benzene rings is 1. The van der Waals surface area contributed by atoms with Gasteiger partial charge in [0, 0.05) is 18.1 Å². The molecule has 0 spiro atoms. The first-order valence-corrected chi connectivity index (χ1v) is 6.76. The molecule has 1 aromatic heterocycles. The molecule has 0 saturated heterocycles. The zero-order valence-corrected chi connectivity index (χ0v) is 12.9. The molecule has 0 unspecified atom stereocenters. The number of aromatic nitrogens is 2. The number of rotatable bonds is 4. The molecule has 9 heteroatoms. The molecule has 0 aliphatic rings. The summed E-state index contributed by atoms with van der Waals surface area (Å²) in [6.45, 7) is -0.481. The highest BCUT2D eigenvalue weighted by Gasteiger charge is 2.19. The molecule has 0 bridgehead atoms. The summed E-state index contributed by atoms with van der Waals surface area (Å²) in [4.78, 5) is 37.2. The van der Waals surface area contributed by atoms with Crippen LogP contribution >= 0.6 is 23.2 Å². The normalized spacial score (nSPS) is 10.5. The first-order valence-electron chi connectivity index (χ1n) is 6.01. The van der Waals surface area contributed by atoms with Crippen molar-refractivity contribution in [3.8, 4) is 5.75 Å². The van der Waals surface area contributed by atoms with Gasteiger partial charge in [0.25, 0.3) is 5.56 Å². The first kappa shape index (κ1) is 16.1. The fourth-order valence-corrected chi connectivity index (χ4v) is 2.04. The molecule has 2 rings (SSSR count). The molecular weight excluding hydrogens is 333 g/mol. The van der Waals surface area contributed by atoms with Crippen molar-refractivity contribution in [1.82, 2.24) is 9.55 Å². The molecule has 3 N–H and O–H groups in total. The van der Waals surface area contributed by atoms with E-state index >= 15 is 0 Å². The number of nitrogens with one attached hydrogen (secondary N) is 1.